The van der Waals surface area contributed by atoms with Gasteiger partial charge in [0.25, 0.3) is 0 Å². The number of likely N-dealkylation sites (tertiary alicyclic amines) is 1. The molecule has 7 rings (SSSR count). The highest BCUT2D eigenvalue weighted by molar-refractivity contribution is 5.89. The summed E-state index contributed by atoms with van der Waals surface area (Å²) >= 11 is 0. The van der Waals surface area contributed by atoms with Gasteiger partial charge in [0.15, 0.2) is 23.4 Å². The van der Waals surface area contributed by atoms with Crippen LogP contribution < -0.4 is 15.2 Å². The average Bonchev–Trinajstić information content (AvgIpc) is 3.46. The number of benzene rings is 2. The van der Waals surface area contributed by atoms with Gasteiger partial charge in [0, 0.05) is 47.0 Å². The molecule has 3 aromatic rings. The number of phenolic OH excluding ortho intramolecular Hbond substituents is 1. The number of aromatic hydroxyl groups is 1. The van der Waals surface area contributed by atoms with Crippen LogP contribution in [0.4, 0.5) is 0 Å². The van der Waals surface area contributed by atoms with E-state index in [9.17, 15) is 14.7 Å². The molecule has 2 bridgehead atoms. The Kier molecular flexibility index (Phi) is 5.88. The number of likely N-dealkylation sites (N-methyl/N-ethyl adjacent to an activating group) is 1. The summed E-state index contributed by atoms with van der Waals surface area (Å²) in [5, 5.41) is 18.9. The van der Waals surface area contributed by atoms with Crippen molar-refractivity contribution in [3.8, 4) is 17.2 Å². The number of fused-ring (bicyclic) bond motifs is 1. The zero-order chi connectivity index (χ0) is 26.8. The monoisotopic (exact) mass is 519 g/mol. The van der Waals surface area contributed by atoms with Gasteiger partial charge in [-0.05, 0) is 74.2 Å². The smallest absolute Gasteiger partial charge is 0.320 e. The zero-order valence-corrected chi connectivity index (χ0v) is 21.6. The normalized spacial score (nSPS) is 27.7. The highest BCUT2D eigenvalue weighted by atomic mass is 16.5. The molecule has 1 spiro atoms. The minimum atomic E-state index is -1.03. The van der Waals surface area contributed by atoms with E-state index in [0.29, 0.717) is 18.4 Å². The van der Waals surface area contributed by atoms with Gasteiger partial charge in [-0.3, -0.25) is 9.59 Å². The largest absolute Gasteiger partial charge is 0.508 e. The second kappa shape index (κ2) is 9.03. The molecule has 1 aromatic heterocycles. The number of methoxy groups -OCH3 is 1. The second-order valence-electron chi connectivity index (χ2n) is 11.0. The topological polar surface area (TPSA) is 138 Å². The summed E-state index contributed by atoms with van der Waals surface area (Å²) in [5.74, 6) is 1.58. The minimum absolute atomic E-state index is 0.0933. The molecule has 4 aliphatic rings. The average molecular weight is 520 g/mol. The Morgan fingerprint density at radius 3 is 2.92 bits per heavy atom. The molecule has 5 N–H and O–H groups in total. The van der Waals surface area contributed by atoms with Crippen molar-refractivity contribution in [1.29, 1.82) is 0 Å². The molecular weight excluding hydrogens is 486 g/mol. The van der Waals surface area contributed by atoms with Gasteiger partial charge in [-0.2, -0.15) is 0 Å². The number of carboxylic acid groups (broad SMARTS) is 1. The van der Waals surface area contributed by atoms with Crippen molar-refractivity contribution >= 4 is 22.7 Å². The van der Waals surface area contributed by atoms with Gasteiger partial charge < -0.3 is 35.3 Å². The fourth-order valence-corrected chi connectivity index (χ4v) is 7.33. The van der Waals surface area contributed by atoms with Crippen molar-refractivity contribution in [3.63, 3.8) is 0 Å². The molecular formula is C29H33N3O6. The lowest BCUT2D eigenvalue weighted by Gasteiger charge is -2.57. The van der Waals surface area contributed by atoms with Crippen molar-refractivity contribution in [2.45, 2.75) is 55.7 Å². The van der Waals surface area contributed by atoms with Crippen LogP contribution in [0.2, 0.25) is 0 Å². The summed E-state index contributed by atoms with van der Waals surface area (Å²) in [6.07, 6.45) is 5.42. The van der Waals surface area contributed by atoms with Crippen LogP contribution in [0.15, 0.2) is 36.5 Å². The van der Waals surface area contributed by atoms with E-state index in [1.54, 1.807) is 31.5 Å². The molecule has 0 unspecified atom stereocenters. The number of piperidine rings is 1. The molecule has 9 heteroatoms. The number of aromatic nitrogens is 1. The van der Waals surface area contributed by atoms with Gasteiger partial charge in [-0.15, -0.1) is 0 Å². The number of phenols is 1. The lowest BCUT2D eigenvalue weighted by molar-refractivity contribution is -0.139. The summed E-state index contributed by atoms with van der Waals surface area (Å²) in [6, 6.07) is 8.70. The van der Waals surface area contributed by atoms with Crippen molar-refractivity contribution < 1.29 is 29.3 Å². The number of hydrogen-bond acceptors (Lipinski definition) is 7. The number of hydrogen-bond donors (Lipinski definition) is 4. The van der Waals surface area contributed by atoms with E-state index in [1.165, 1.54) is 11.1 Å². The molecule has 2 aromatic carbocycles. The van der Waals surface area contributed by atoms with Gasteiger partial charge in [0.2, 0.25) is 0 Å². The third-order valence-corrected chi connectivity index (χ3v) is 9.10. The summed E-state index contributed by atoms with van der Waals surface area (Å²) in [6.45, 7) is 1.05. The number of nitrogens with one attached hydrogen (secondary N) is 1. The van der Waals surface area contributed by atoms with Crippen molar-refractivity contribution in [2.24, 2.45) is 11.7 Å². The van der Waals surface area contributed by atoms with Crippen LogP contribution in [0, 0.1) is 5.92 Å². The maximum absolute atomic E-state index is 12.6. The van der Waals surface area contributed by atoms with Crippen LogP contribution in [0.25, 0.3) is 10.9 Å². The van der Waals surface area contributed by atoms with Crippen LogP contribution in [0.3, 0.4) is 0 Å². The van der Waals surface area contributed by atoms with Crippen LogP contribution in [0.5, 0.6) is 17.2 Å². The van der Waals surface area contributed by atoms with E-state index >= 15 is 0 Å². The fourth-order valence-electron chi connectivity index (χ4n) is 7.33. The van der Waals surface area contributed by atoms with Crippen LogP contribution >= 0.6 is 0 Å². The Labute approximate surface area is 220 Å². The van der Waals surface area contributed by atoms with E-state index in [1.807, 2.05) is 6.07 Å². The van der Waals surface area contributed by atoms with E-state index in [2.05, 4.69) is 23.0 Å². The molecule has 2 fully saturated rings. The van der Waals surface area contributed by atoms with Crippen molar-refractivity contribution in [1.82, 2.24) is 9.88 Å². The number of Topliss-reactive ketones (excluding diaryl/α,β-unsaturated/α-hetero) is 1. The standard InChI is InChI=1S/C18H21NO3.C11H12N2O3/c1-19-8-7-18-11-4-5-13(20)17(18)22-16-14(21-2)6-3-10(15(16)18)9-12(11)19;12-9(11(15)16)3-6-5-13-10-2-1-7(14)4-8(6)10/h3,6,11-12,17H,4-5,7-9H2,1-2H3;1-2,4-5,9,13-14H,3,12H2,(H,15,16)/t11-,12+,17-,18-;9-/m00/s1. The number of nitrogens with zero attached hydrogens (tertiary/aromatic N) is 1. The Balaban J connectivity index is 0.000000147. The molecule has 1 saturated carbocycles. The first kappa shape index (κ1) is 24.8. The predicted molar refractivity (Wildman–Crippen MR) is 141 cm³/mol. The number of aliphatic carboxylic acids is 1. The number of H-pyrrole nitrogens is 1. The maximum atomic E-state index is 12.6. The Morgan fingerprint density at radius 1 is 1.34 bits per heavy atom. The summed E-state index contributed by atoms with van der Waals surface area (Å²) in [5.41, 5.74) is 9.68. The Bertz CT molecular complexity index is 1430. The van der Waals surface area contributed by atoms with Gasteiger partial charge in [0.05, 0.1) is 7.11 Å². The van der Waals surface area contributed by atoms with Gasteiger partial charge in [0.1, 0.15) is 11.8 Å². The van der Waals surface area contributed by atoms with Crippen molar-refractivity contribution in [3.05, 3.63) is 53.2 Å². The number of carboxylic acids is 1. The zero-order valence-electron chi connectivity index (χ0n) is 21.6. The molecule has 3 heterocycles. The third kappa shape index (κ3) is 3.60. The Morgan fingerprint density at radius 2 is 2.16 bits per heavy atom. The van der Waals surface area contributed by atoms with E-state index in [0.717, 1.165) is 53.8 Å². The van der Waals surface area contributed by atoms with Crippen LogP contribution in [0.1, 0.15) is 36.0 Å². The number of rotatable bonds is 4. The molecule has 2 aliphatic carbocycles. The highest BCUT2D eigenvalue weighted by Crippen LogP contribution is 2.63. The number of carbonyl (C=O) groups excluding carboxylic acids is 1. The first-order valence-electron chi connectivity index (χ1n) is 13.1. The highest BCUT2D eigenvalue weighted by Gasteiger charge is 2.65. The van der Waals surface area contributed by atoms with Crippen molar-refractivity contribution in [2.75, 3.05) is 20.7 Å². The molecule has 5 atom stereocenters. The number of ether oxygens (including phenoxy) is 2. The lowest BCUT2D eigenvalue weighted by Crippen LogP contribution is -2.65. The number of aromatic amines is 1. The predicted octanol–water partition coefficient (Wildman–Crippen LogP) is 2.76. The number of nitrogens with two attached hydrogens (primary N) is 1. The lowest BCUT2D eigenvalue weighted by atomic mass is 9.52. The van der Waals surface area contributed by atoms with E-state index in [4.69, 9.17) is 20.3 Å². The molecule has 200 valence electrons. The SMILES string of the molecule is COc1ccc2c3c1O[C@H]1C(=O)CC[C@H]4[C@@H](C2)N(C)CC[C@]314.N[C@@H](Cc1c[nH]c2ccc(O)cc12)C(=O)O. The minimum Gasteiger partial charge on any atom is -0.508 e. The van der Waals surface area contributed by atoms with Crippen LogP contribution in [-0.4, -0.2) is 70.7 Å². The first-order chi connectivity index (χ1) is 18.2. The fraction of sp³-hybridized carbons (Fsp3) is 0.448. The van der Waals surface area contributed by atoms with Gasteiger partial charge in [-0.25, -0.2) is 0 Å². The summed E-state index contributed by atoms with van der Waals surface area (Å²) in [7, 11) is 3.91. The van der Waals surface area contributed by atoms with Gasteiger partial charge >= 0.3 is 5.97 Å². The third-order valence-electron chi connectivity index (χ3n) is 9.10. The molecule has 0 radical (unpaired) electrons. The Hall–Kier alpha value is -3.56. The number of carbonyl (C=O) groups is 2. The second-order valence-corrected chi connectivity index (χ2v) is 11.0. The molecule has 38 heavy (non-hydrogen) atoms. The maximum Gasteiger partial charge on any atom is 0.320 e. The van der Waals surface area contributed by atoms with Gasteiger partial charge in [-0.1, -0.05) is 6.07 Å². The van der Waals surface area contributed by atoms with E-state index < -0.39 is 12.0 Å². The molecule has 2 aliphatic heterocycles. The first-order valence-corrected chi connectivity index (χ1v) is 13.1. The number of ketones is 1. The molecule has 9 nitrogen and oxygen atoms in total. The molecule has 1 saturated heterocycles. The summed E-state index contributed by atoms with van der Waals surface area (Å²) in [4.78, 5) is 28.8. The van der Waals surface area contributed by atoms with E-state index in [-0.39, 0.29) is 29.5 Å². The quantitative estimate of drug-likeness (QED) is 0.413. The van der Waals surface area contributed by atoms with Crippen LogP contribution in [-0.2, 0) is 27.8 Å². The summed E-state index contributed by atoms with van der Waals surface area (Å²) < 4.78 is 11.8. The molecule has 0 amide bonds.